The monoisotopic (exact) mass is 428 g/mol. The standard InChI is InChI=1S/C19H15Cl3O5/c20-13-5-1-11(2-6-13)18(23)25-10-16-15(9-17(22)26-16)27-19(24)12-3-7-14(21)8-4-12/h1-8,15-17H,9-10H2/t15?,16?,17-/m0/s1. The summed E-state index contributed by atoms with van der Waals surface area (Å²) in [6.45, 7) is -0.0940. The molecule has 0 aliphatic carbocycles. The normalized spacial score (nSPS) is 21.7. The molecule has 0 spiro atoms. The first-order valence-corrected chi connectivity index (χ1v) is 9.30. The number of benzene rings is 2. The van der Waals surface area contributed by atoms with Gasteiger partial charge in [0.25, 0.3) is 0 Å². The summed E-state index contributed by atoms with van der Waals surface area (Å²) in [6, 6.07) is 12.6. The molecule has 1 aliphatic heterocycles. The lowest BCUT2D eigenvalue weighted by Gasteiger charge is -2.19. The highest BCUT2D eigenvalue weighted by Crippen LogP contribution is 2.27. The molecule has 5 nitrogen and oxygen atoms in total. The zero-order valence-corrected chi connectivity index (χ0v) is 16.2. The second-order valence-corrected chi connectivity index (χ2v) is 7.24. The molecule has 0 aromatic heterocycles. The number of hydrogen-bond donors (Lipinski definition) is 0. The third-order valence-corrected chi connectivity index (χ3v) is 4.74. The van der Waals surface area contributed by atoms with E-state index in [0.717, 1.165) is 0 Å². The van der Waals surface area contributed by atoms with Crippen molar-refractivity contribution < 1.29 is 23.8 Å². The van der Waals surface area contributed by atoms with E-state index in [4.69, 9.17) is 49.0 Å². The zero-order valence-electron chi connectivity index (χ0n) is 13.9. The largest absolute Gasteiger partial charge is 0.459 e. The minimum atomic E-state index is -0.653. The number of ether oxygens (including phenoxy) is 3. The number of esters is 2. The van der Waals surface area contributed by atoms with Crippen LogP contribution in [0.5, 0.6) is 0 Å². The quantitative estimate of drug-likeness (QED) is 0.508. The van der Waals surface area contributed by atoms with Gasteiger partial charge in [-0.2, -0.15) is 0 Å². The van der Waals surface area contributed by atoms with E-state index in [1.807, 2.05) is 0 Å². The van der Waals surface area contributed by atoms with Gasteiger partial charge in [0, 0.05) is 16.5 Å². The third-order valence-electron chi connectivity index (χ3n) is 3.95. The number of hydrogen-bond acceptors (Lipinski definition) is 5. The van der Waals surface area contributed by atoms with Gasteiger partial charge >= 0.3 is 11.9 Å². The van der Waals surface area contributed by atoms with E-state index in [-0.39, 0.29) is 6.61 Å². The SMILES string of the molecule is O=C(OCC1O[C@H](Cl)CC1OC(=O)c1ccc(Cl)cc1)c1ccc(Cl)cc1. The van der Waals surface area contributed by atoms with E-state index in [9.17, 15) is 9.59 Å². The molecule has 1 heterocycles. The second-order valence-electron chi connectivity index (χ2n) is 5.88. The van der Waals surface area contributed by atoms with Gasteiger partial charge in [0.05, 0.1) is 11.1 Å². The summed E-state index contributed by atoms with van der Waals surface area (Å²) in [5, 5.41) is 1.04. The molecule has 8 heteroatoms. The average Bonchev–Trinajstić information content (AvgIpc) is 3.00. The molecule has 1 fully saturated rings. The molecule has 2 unspecified atom stereocenters. The highest BCUT2D eigenvalue weighted by Gasteiger charge is 2.38. The summed E-state index contributed by atoms with van der Waals surface area (Å²) in [7, 11) is 0. The smallest absolute Gasteiger partial charge is 0.338 e. The Morgan fingerprint density at radius 1 is 0.926 bits per heavy atom. The van der Waals surface area contributed by atoms with Crippen LogP contribution in [0.2, 0.25) is 10.0 Å². The molecule has 0 amide bonds. The van der Waals surface area contributed by atoms with Crippen molar-refractivity contribution >= 4 is 46.7 Å². The van der Waals surface area contributed by atoms with Crippen molar-refractivity contribution in [1.29, 1.82) is 0 Å². The molecular weight excluding hydrogens is 415 g/mol. The van der Waals surface area contributed by atoms with Crippen molar-refractivity contribution in [3.05, 3.63) is 69.7 Å². The van der Waals surface area contributed by atoms with Crippen LogP contribution in [0.3, 0.4) is 0 Å². The fraction of sp³-hybridized carbons (Fsp3) is 0.263. The van der Waals surface area contributed by atoms with Gasteiger partial charge in [-0.1, -0.05) is 34.8 Å². The Morgan fingerprint density at radius 2 is 1.44 bits per heavy atom. The summed E-state index contributed by atoms with van der Waals surface area (Å²) < 4.78 is 16.2. The van der Waals surface area contributed by atoms with Gasteiger partial charge in [0.2, 0.25) is 0 Å². The third kappa shape index (κ3) is 5.36. The molecule has 142 valence electrons. The summed E-state index contributed by atoms with van der Waals surface area (Å²) in [6.07, 6.45) is -0.988. The lowest BCUT2D eigenvalue weighted by Crippen LogP contribution is -2.32. The predicted octanol–water partition coefficient (Wildman–Crippen LogP) is 4.73. The Balaban J connectivity index is 1.58. The van der Waals surface area contributed by atoms with Crippen LogP contribution in [0.4, 0.5) is 0 Å². The minimum absolute atomic E-state index is 0.0940. The molecule has 1 saturated heterocycles. The molecule has 3 rings (SSSR count). The molecule has 1 aliphatic rings. The summed E-state index contributed by atoms with van der Waals surface area (Å²) >= 11 is 17.6. The molecule has 0 radical (unpaired) electrons. The van der Waals surface area contributed by atoms with Gasteiger partial charge in [0.15, 0.2) is 0 Å². The van der Waals surface area contributed by atoms with E-state index in [1.165, 1.54) is 0 Å². The maximum Gasteiger partial charge on any atom is 0.338 e. The van der Waals surface area contributed by atoms with E-state index < -0.39 is 29.7 Å². The van der Waals surface area contributed by atoms with E-state index >= 15 is 0 Å². The summed E-state index contributed by atoms with van der Waals surface area (Å²) in [5.74, 6) is -1.06. The van der Waals surface area contributed by atoms with Gasteiger partial charge in [-0.3, -0.25) is 0 Å². The van der Waals surface area contributed by atoms with Crippen LogP contribution < -0.4 is 0 Å². The molecule has 2 aromatic rings. The van der Waals surface area contributed by atoms with E-state index in [2.05, 4.69) is 0 Å². The van der Waals surface area contributed by atoms with Crippen molar-refractivity contribution in [2.24, 2.45) is 0 Å². The summed E-state index contributed by atoms with van der Waals surface area (Å²) in [4.78, 5) is 24.4. The highest BCUT2D eigenvalue weighted by atomic mass is 35.5. The molecular formula is C19H15Cl3O5. The number of carbonyl (C=O) groups is 2. The maximum atomic E-state index is 12.3. The van der Waals surface area contributed by atoms with Crippen LogP contribution in [0.15, 0.2) is 48.5 Å². The van der Waals surface area contributed by atoms with Crippen molar-refractivity contribution in [2.45, 2.75) is 24.2 Å². The lowest BCUT2D eigenvalue weighted by atomic mass is 10.2. The first-order valence-electron chi connectivity index (χ1n) is 8.11. The van der Waals surface area contributed by atoms with Gasteiger partial charge < -0.3 is 14.2 Å². The molecule has 0 saturated carbocycles. The van der Waals surface area contributed by atoms with Crippen LogP contribution in [-0.4, -0.2) is 36.3 Å². The van der Waals surface area contributed by atoms with Gasteiger partial charge in [-0.25, -0.2) is 9.59 Å². The highest BCUT2D eigenvalue weighted by molar-refractivity contribution is 6.31. The second kappa shape index (κ2) is 8.93. The number of halogens is 3. The number of carbonyl (C=O) groups excluding carboxylic acids is 2. The van der Waals surface area contributed by atoms with Crippen molar-refractivity contribution in [3.8, 4) is 0 Å². The Hall–Kier alpha value is -1.79. The van der Waals surface area contributed by atoms with Gasteiger partial charge in [-0.15, -0.1) is 0 Å². The number of alkyl halides is 1. The van der Waals surface area contributed by atoms with Crippen LogP contribution in [-0.2, 0) is 14.2 Å². The van der Waals surface area contributed by atoms with Crippen LogP contribution in [0.25, 0.3) is 0 Å². The predicted molar refractivity (Wildman–Crippen MR) is 102 cm³/mol. The van der Waals surface area contributed by atoms with Gasteiger partial charge in [0.1, 0.15) is 24.4 Å². The molecule has 27 heavy (non-hydrogen) atoms. The van der Waals surface area contributed by atoms with E-state index in [1.54, 1.807) is 48.5 Å². The lowest BCUT2D eigenvalue weighted by molar-refractivity contribution is -0.0322. The van der Waals surface area contributed by atoms with Crippen molar-refractivity contribution in [3.63, 3.8) is 0 Å². The topological polar surface area (TPSA) is 61.8 Å². The fourth-order valence-corrected chi connectivity index (χ4v) is 3.12. The number of rotatable bonds is 5. The zero-order chi connectivity index (χ0) is 19.4. The van der Waals surface area contributed by atoms with Gasteiger partial charge in [-0.05, 0) is 48.5 Å². The molecule has 3 atom stereocenters. The molecule has 0 N–H and O–H groups in total. The fourth-order valence-electron chi connectivity index (χ4n) is 2.56. The van der Waals surface area contributed by atoms with Crippen LogP contribution in [0.1, 0.15) is 27.1 Å². The Bertz CT molecular complexity index is 807. The van der Waals surface area contributed by atoms with Crippen LogP contribution >= 0.6 is 34.8 Å². The van der Waals surface area contributed by atoms with Crippen molar-refractivity contribution in [2.75, 3.05) is 6.61 Å². The van der Waals surface area contributed by atoms with Crippen LogP contribution in [0, 0.1) is 0 Å². The van der Waals surface area contributed by atoms with E-state index in [0.29, 0.717) is 27.6 Å². The average molecular weight is 430 g/mol. The summed E-state index contributed by atoms with van der Waals surface area (Å²) in [5.41, 5.74) is 0.0797. The molecule has 0 bridgehead atoms. The Kier molecular flexibility index (Phi) is 6.60. The van der Waals surface area contributed by atoms with Crippen molar-refractivity contribution in [1.82, 2.24) is 0 Å². The Labute approximate surface area is 171 Å². The molecule has 2 aromatic carbocycles. The maximum absolute atomic E-state index is 12.3. The Morgan fingerprint density at radius 3 is 2.00 bits per heavy atom. The first-order chi connectivity index (χ1) is 12.9. The minimum Gasteiger partial charge on any atom is -0.459 e. The first kappa shape index (κ1) is 20.0.